The summed E-state index contributed by atoms with van der Waals surface area (Å²) in [5, 5.41) is 10.7. The van der Waals surface area contributed by atoms with Crippen molar-refractivity contribution in [1.29, 1.82) is 0 Å². The molecule has 94 valence electrons. The summed E-state index contributed by atoms with van der Waals surface area (Å²) in [5.41, 5.74) is -0.155. The van der Waals surface area contributed by atoms with Gasteiger partial charge in [-0.3, -0.25) is 4.90 Å². The summed E-state index contributed by atoms with van der Waals surface area (Å²) >= 11 is 0. The number of nitrogens with zero attached hydrogens (tertiary/aromatic N) is 1. The first-order valence-electron chi connectivity index (χ1n) is 6.75. The molecule has 0 spiro atoms. The molecular formula is C14H27NO. The van der Waals surface area contributed by atoms with Crippen molar-refractivity contribution in [2.75, 3.05) is 0 Å². The summed E-state index contributed by atoms with van der Waals surface area (Å²) in [7, 11) is 0. The van der Waals surface area contributed by atoms with Gasteiger partial charge in [-0.25, -0.2) is 0 Å². The molecule has 2 heterocycles. The lowest BCUT2D eigenvalue weighted by Crippen LogP contribution is -2.58. The van der Waals surface area contributed by atoms with E-state index in [-0.39, 0.29) is 5.54 Å². The zero-order valence-electron chi connectivity index (χ0n) is 11.5. The molecule has 2 saturated heterocycles. The van der Waals surface area contributed by atoms with Gasteiger partial charge in [0.1, 0.15) is 0 Å². The van der Waals surface area contributed by atoms with Crippen molar-refractivity contribution in [2.45, 2.75) is 83.5 Å². The second-order valence-corrected chi connectivity index (χ2v) is 7.13. The summed E-state index contributed by atoms with van der Waals surface area (Å²) in [6, 6.07) is 1.21. The fourth-order valence-corrected chi connectivity index (χ4v) is 3.83. The molecule has 2 heteroatoms. The van der Waals surface area contributed by atoms with Crippen LogP contribution in [0.3, 0.4) is 0 Å². The van der Waals surface area contributed by atoms with E-state index < -0.39 is 5.60 Å². The highest BCUT2D eigenvalue weighted by Gasteiger charge is 2.51. The Bertz CT molecular complexity index is 252. The Morgan fingerprint density at radius 3 is 1.88 bits per heavy atom. The Morgan fingerprint density at radius 2 is 1.56 bits per heavy atom. The zero-order chi connectivity index (χ0) is 12.1. The van der Waals surface area contributed by atoms with Gasteiger partial charge >= 0.3 is 0 Å². The Kier molecular flexibility index (Phi) is 2.87. The SMILES string of the molecule is CC(C)C1(O)CC2CCC(C1)N2C(C)(C)C. The molecule has 2 bridgehead atoms. The average molecular weight is 225 g/mol. The molecule has 16 heavy (non-hydrogen) atoms. The molecule has 1 N–H and O–H groups in total. The predicted octanol–water partition coefficient (Wildman–Crippen LogP) is 2.80. The molecule has 2 aliphatic heterocycles. The lowest BCUT2D eigenvalue weighted by atomic mass is 9.76. The minimum absolute atomic E-state index is 0.254. The van der Waals surface area contributed by atoms with Gasteiger partial charge in [0.25, 0.3) is 0 Å². The fraction of sp³-hybridized carbons (Fsp3) is 1.00. The number of aliphatic hydroxyl groups is 1. The fourth-order valence-electron chi connectivity index (χ4n) is 3.83. The van der Waals surface area contributed by atoms with E-state index in [1.165, 1.54) is 12.8 Å². The van der Waals surface area contributed by atoms with E-state index in [0.29, 0.717) is 18.0 Å². The van der Waals surface area contributed by atoms with Crippen LogP contribution in [0.4, 0.5) is 0 Å². The van der Waals surface area contributed by atoms with E-state index >= 15 is 0 Å². The van der Waals surface area contributed by atoms with E-state index in [4.69, 9.17) is 0 Å². The van der Waals surface area contributed by atoms with Crippen LogP contribution in [0.25, 0.3) is 0 Å². The summed E-state index contributed by atoms with van der Waals surface area (Å²) in [6.07, 6.45) is 4.49. The third-order valence-corrected chi connectivity index (χ3v) is 4.65. The van der Waals surface area contributed by atoms with Gasteiger partial charge in [0.05, 0.1) is 5.60 Å². The third kappa shape index (κ3) is 1.91. The van der Waals surface area contributed by atoms with E-state index in [9.17, 15) is 5.11 Å². The van der Waals surface area contributed by atoms with Gasteiger partial charge in [-0.1, -0.05) is 13.8 Å². The van der Waals surface area contributed by atoms with E-state index in [0.717, 1.165) is 12.8 Å². The molecule has 0 aromatic rings. The molecule has 0 amide bonds. The van der Waals surface area contributed by atoms with Crippen LogP contribution in [0, 0.1) is 5.92 Å². The van der Waals surface area contributed by atoms with Crippen molar-refractivity contribution >= 4 is 0 Å². The molecule has 0 aliphatic carbocycles. The van der Waals surface area contributed by atoms with E-state index in [1.54, 1.807) is 0 Å². The molecule has 2 fully saturated rings. The summed E-state index contributed by atoms with van der Waals surface area (Å²) in [5.74, 6) is 0.387. The van der Waals surface area contributed by atoms with Crippen LogP contribution in [-0.2, 0) is 0 Å². The van der Waals surface area contributed by atoms with E-state index in [2.05, 4.69) is 39.5 Å². The van der Waals surface area contributed by atoms with Crippen LogP contribution in [0.15, 0.2) is 0 Å². The first-order chi connectivity index (χ1) is 7.24. The van der Waals surface area contributed by atoms with E-state index in [1.807, 2.05) is 0 Å². The van der Waals surface area contributed by atoms with Crippen molar-refractivity contribution < 1.29 is 5.11 Å². The lowest BCUT2D eigenvalue weighted by Gasteiger charge is -2.51. The van der Waals surface area contributed by atoms with Crippen molar-refractivity contribution in [3.05, 3.63) is 0 Å². The summed E-state index contributed by atoms with van der Waals surface area (Å²) in [4.78, 5) is 2.66. The maximum absolute atomic E-state index is 10.7. The van der Waals surface area contributed by atoms with Crippen LogP contribution in [-0.4, -0.2) is 33.2 Å². The molecule has 0 aromatic carbocycles. The van der Waals surface area contributed by atoms with Gasteiger partial charge in [-0.2, -0.15) is 0 Å². The lowest BCUT2D eigenvalue weighted by molar-refractivity contribution is -0.102. The largest absolute Gasteiger partial charge is 0.390 e. The Hall–Kier alpha value is -0.0800. The monoisotopic (exact) mass is 225 g/mol. The Balaban J connectivity index is 2.19. The molecule has 2 nitrogen and oxygen atoms in total. The van der Waals surface area contributed by atoms with Crippen LogP contribution in [0.5, 0.6) is 0 Å². The maximum Gasteiger partial charge on any atom is 0.0700 e. The van der Waals surface area contributed by atoms with Gasteiger partial charge in [0.15, 0.2) is 0 Å². The number of fused-ring (bicyclic) bond motifs is 2. The normalized spacial score (nSPS) is 40.7. The molecular weight excluding hydrogens is 198 g/mol. The first kappa shape index (κ1) is 12.4. The molecule has 2 rings (SSSR count). The minimum Gasteiger partial charge on any atom is -0.390 e. The second-order valence-electron chi connectivity index (χ2n) is 7.13. The van der Waals surface area contributed by atoms with Crippen molar-refractivity contribution in [3.8, 4) is 0 Å². The third-order valence-electron chi connectivity index (χ3n) is 4.65. The zero-order valence-corrected chi connectivity index (χ0v) is 11.5. The second kappa shape index (κ2) is 3.71. The first-order valence-corrected chi connectivity index (χ1v) is 6.75. The van der Waals surface area contributed by atoms with Gasteiger partial charge in [0.2, 0.25) is 0 Å². The highest BCUT2D eigenvalue weighted by atomic mass is 16.3. The number of piperidine rings is 1. The summed E-state index contributed by atoms with van der Waals surface area (Å²) in [6.45, 7) is 11.2. The van der Waals surface area contributed by atoms with Crippen LogP contribution in [0.2, 0.25) is 0 Å². The van der Waals surface area contributed by atoms with Crippen LogP contribution in [0.1, 0.15) is 60.3 Å². The minimum atomic E-state index is -0.409. The van der Waals surface area contributed by atoms with Crippen molar-refractivity contribution in [3.63, 3.8) is 0 Å². The highest BCUT2D eigenvalue weighted by molar-refractivity contribution is 5.06. The quantitative estimate of drug-likeness (QED) is 0.742. The van der Waals surface area contributed by atoms with Crippen molar-refractivity contribution in [1.82, 2.24) is 4.90 Å². The summed E-state index contributed by atoms with van der Waals surface area (Å²) < 4.78 is 0. The standard InChI is InChI=1S/C14H27NO/c1-10(2)14(16)8-11-6-7-12(9-14)15(11)13(3,4)5/h10-12,16H,6-9H2,1-5H3. The van der Waals surface area contributed by atoms with Gasteiger partial charge in [0, 0.05) is 17.6 Å². The molecule has 2 aliphatic rings. The number of hydrogen-bond donors (Lipinski definition) is 1. The van der Waals surface area contributed by atoms with Gasteiger partial charge < -0.3 is 5.11 Å². The maximum atomic E-state index is 10.7. The highest BCUT2D eigenvalue weighted by Crippen LogP contribution is 2.46. The molecule has 0 aromatic heterocycles. The molecule has 0 saturated carbocycles. The van der Waals surface area contributed by atoms with Crippen LogP contribution >= 0.6 is 0 Å². The predicted molar refractivity (Wildman–Crippen MR) is 67.4 cm³/mol. The van der Waals surface area contributed by atoms with Crippen LogP contribution < -0.4 is 0 Å². The molecule has 2 atom stereocenters. The van der Waals surface area contributed by atoms with Gasteiger partial charge in [-0.15, -0.1) is 0 Å². The topological polar surface area (TPSA) is 23.5 Å². The molecule has 0 radical (unpaired) electrons. The smallest absolute Gasteiger partial charge is 0.0700 e. The number of rotatable bonds is 1. The average Bonchev–Trinajstić information content (AvgIpc) is 2.39. The Labute approximate surface area is 100 Å². The number of hydrogen-bond acceptors (Lipinski definition) is 2. The molecule has 2 unspecified atom stereocenters. The van der Waals surface area contributed by atoms with Crippen molar-refractivity contribution in [2.24, 2.45) is 5.92 Å². The Morgan fingerprint density at radius 1 is 1.12 bits per heavy atom. The van der Waals surface area contributed by atoms with Gasteiger partial charge in [-0.05, 0) is 52.4 Å².